The lowest BCUT2D eigenvalue weighted by Crippen LogP contribution is -2.47. The summed E-state index contributed by atoms with van der Waals surface area (Å²) in [4.78, 5) is 19.8. The third-order valence-corrected chi connectivity index (χ3v) is 6.89. The van der Waals surface area contributed by atoms with E-state index in [1.54, 1.807) is 16.7 Å². The van der Waals surface area contributed by atoms with Crippen LogP contribution in [-0.4, -0.2) is 39.1 Å². The number of nitrogens with zero attached hydrogens (tertiary/aromatic N) is 3. The predicted molar refractivity (Wildman–Crippen MR) is 128 cm³/mol. The number of piperidine rings is 1. The van der Waals surface area contributed by atoms with Crippen molar-refractivity contribution in [2.24, 2.45) is 5.92 Å². The van der Waals surface area contributed by atoms with E-state index in [0.29, 0.717) is 29.3 Å². The molecule has 6 nitrogen and oxygen atoms in total. The third-order valence-electron chi connectivity index (χ3n) is 6.66. The van der Waals surface area contributed by atoms with Gasteiger partial charge in [-0.05, 0) is 55.0 Å². The maximum absolute atomic E-state index is 13.0. The zero-order valence-electron chi connectivity index (χ0n) is 18.9. The minimum Gasteiger partial charge on any atom is -0.389 e. The maximum atomic E-state index is 13.0. The van der Waals surface area contributed by atoms with E-state index in [1.165, 1.54) is 0 Å². The summed E-state index contributed by atoms with van der Waals surface area (Å²) in [5.41, 5.74) is 3.63. The summed E-state index contributed by atoms with van der Waals surface area (Å²) in [6, 6.07) is 11.9. The van der Waals surface area contributed by atoms with E-state index in [4.69, 9.17) is 11.6 Å². The van der Waals surface area contributed by atoms with Gasteiger partial charge in [0.05, 0.1) is 16.3 Å². The molecule has 1 aromatic carbocycles. The fourth-order valence-electron chi connectivity index (χ4n) is 4.37. The quantitative estimate of drug-likeness (QED) is 0.576. The van der Waals surface area contributed by atoms with E-state index < -0.39 is 5.60 Å². The number of carbonyl (C=O) groups excluding carboxylic acids is 1. The number of rotatable bonds is 6. The van der Waals surface area contributed by atoms with Crippen molar-refractivity contribution in [3.05, 3.63) is 64.6 Å². The Balaban J connectivity index is 1.41. The molecular formula is C25H31ClN4O2. The van der Waals surface area contributed by atoms with Gasteiger partial charge in [0.15, 0.2) is 0 Å². The molecule has 170 valence electrons. The van der Waals surface area contributed by atoms with Gasteiger partial charge in [0.1, 0.15) is 11.3 Å². The Morgan fingerprint density at radius 2 is 1.88 bits per heavy atom. The lowest BCUT2D eigenvalue weighted by molar-refractivity contribution is -0.0262. The molecule has 1 amide bonds. The van der Waals surface area contributed by atoms with Gasteiger partial charge >= 0.3 is 0 Å². The molecule has 1 aliphatic heterocycles. The molecule has 4 rings (SSSR count). The Morgan fingerprint density at radius 3 is 2.50 bits per heavy atom. The smallest absolute Gasteiger partial charge is 0.270 e. The highest BCUT2D eigenvalue weighted by Crippen LogP contribution is 2.31. The van der Waals surface area contributed by atoms with Gasteiger partial charge in [0, 0.05) is 31.5 Å². The van der Waals surface area contributed by atoms with Gasteiger partial charge in [-0.25, -0.2) is 4.98 Å². The zero-order chi connectivity index (χ0) is 22.9. The minimum absolute atomic E-state index is 0.162. The van der Waals surface area contributed by atoms with Crippen molar-refractivity contribution < 1.29 is 9.90 Å². The van der Waals surface area contributed by atoms with Crippen LogP contribution in [0, 0.1) is 5.92 Å². The minimum atomic E-state index is -0.555. The first-order valence-electron chi connectivity index (χ1n) is 11.3. The molecule has 0 radical (unpaired) electrons. The molecule has 0 atom stereocenters. The molecule has 1 aliphatic rings. The molecular weight excluding hydrogens is 424 g/mol. The molecule has 0 aliphatic carbocycles. The summed E-state index contributed by atoms with van der Waals surface area (Å²) in [5.74, 6) is 0.109. The van der Waals surface area contributed by atoms with Crippen LogP contribution in [0.25, 0.3) is 5.65 Å². The molecule has 1 saturated heterocycles. The van der Waals surface area contributed by atoms with Gasteiger partial charge in [-0.3, -0.25) is 9.20 Å². The van der Waals surface area contributed by atoms with Crippen molar-refractivity contribution in [2.75, 3.05) is 18.0 Å². The van der Waals surface area contributed by atoms with Crippen molar-refractivity contribution in [3.8, 4) is 0 Å². The van der Waals surface area contributed by atoms with Crippen LogP contribution in [0.4, 0.5) is 5.69 Å². The van der Waals surface area contributed by atoms with Crippen LogP contribution in [0.15, 0.2) is 42.6 Å². The van der Waals surface area contributed by atoms with E-state index in [1.807, 2.05) is 25.1 Å². The van der Waals surface area contributed by atoms with E-state index in [-0.39, 0.29) is 11.8 Å². The summed E-state index contributed by atoms with van der Waals surface area (Å²) in [7, 11) is 0. The monoisotopic (exact) mass is 454 g/mol. The number of hydrogen-bond acceptors (Lipinski definition) is 4. The topological polar surface area (TPSA) is 69.9 Å². The lowest BCUT2D eigenvalue weighted by Gasteiger charge is -2.41. The predicted octanol–water partition coefficient (Wildman–Crippen LogP) is 4.47. The molecule has 3 heterocycles. The van der Waals surface area contributed by atoms with Crippen molar-refractivity contribution >= 4 is 28.8 Å². The number of benzene rings is 1. The van der Waals surface area contributed by atoms with Crippen molar-refractivity contribution in [3.63, 3.8) is 0 Å². The average molecular weight is 455 g/mol. The van der Waals surface area contributed by atoms with Crippen LogP contribution >= 0.6 is 11.6 Å². The summed E-state index contributed by atoms with van der Waals surface area (Å²) < 4.78 is 1.76. The first-order chi connectivity index (χ1) is 15.3. The summed E-state index contributed by atoms with van der Waals surface area (Å²) in [5, 5.41) is 14.3. The largest absolute Gasteiger partial charge is 0.389 e. The van der Waals surface area contributed by atoms with Crippen molar-refractivity contribution in [1.29, 1.82) is 0 Å². The number of fused-ring (bicyclic) bond motifs is 1. The number of anilines is 1. The number of hydrogen-bond donors (Lipinski definition) is 2. The molecule has 3 aromatic rings. The number of aromatic nitrogens is 2. The number of halogens is 1. The van der Waals surface area contributed by atoms with Crippen LogP contribution in [0.5, 0.6) is 0 Å². The Morgan fingerprint density at radius 1 is 1.19 bits per heavy atom. The number of amides is 1. The Labute approximate surface area is 194 Å². The average Bonchev–Trinajstić information content (AvgIpc) is 3.16. The third kappa shape index (κ3) is 4.48. The second-order valence-electron chi connectivity index (χ2n) is 8.93. The van der Waals surface area contributed by atoms with Gasteiger partial charge in [-0.1, -0.05) is 44.5 Å². The fourth-order valence-corrected chi connectivity index (χ4v) is 4.54. The second-order valence-corrected chi connectivity index (χ2v) is 9.37. The van der Waals surface area contributed by atoms with Crippen LogP contribution in [-0.2, 0) is 13.0 Å². The Bertz CT molecular complexity index is 1100. The van der Waals surface area contributed by atoms with Crippen molar-refractivity contribution in [2.45, 2.75) is 52.2 Å². The Kier molecular flexibility index (Phi) is 6.45. The second kappa shape index (κ2) is 9.12. The standard InChI is InChI=1S/C25H31ClN4O2/c1-4-21-23(30-16-19(26)7-10-22(30)28-21)24(31)27-15-18-5-8-20(9-6-18)29-13-11-25(32,12-14-29)17(2)3/h5-10,16-17,32H,4,11-15H2,1-3H3,(H,27,31). The SMILES string of the molecule is CCc1nc2ccc(Cl)cn2c1C(=O)NCc1ccc(N2CCC(O)(C(C)C)CC2)cc1. The highest BCUT2D eigenvalue weighted by atomic mass is 35.5. The molecule has 2 N–H and O–H groups in total. The zero-order valence-corrected chi connectivity index (χ0v) is 19.7. The molecule has 0 saturated carbocycles. The molecule has 0 spiro atoms. The van der Waals surface area contributed by atoms with E-state index in [9.17, 15) is 9.90 Å². The number of pyridine rings is 1. The normalized spacial score (nSPS) is 16.0. The number of aryl methyl sites for hydroxylation is 1. The number of aliphatic hydroxyl groups is 1. The van der Waals surface area contributed by atoms with Crippen LogP contribution in [0.2, 0.25) is 5.02 Å². The summed E-state index contributed by atoms with van der Waals surface area (Å²) in [6.45, 7) is 8.29. The number of nitrogens with one attached hydrogen (secondary N) is 1. The fraction of sp³-hybridized carbons (Fsp3) is 0.440. The van der Waals surface area contributed by atoms with Gasteiger partial charge in [-0.2, -0.15) is 0 Å². The van der Waals surface area contributed by atoms with Crippen LogP contribution in [0.3, 0.4) is 0 Å². The van der Waals surface area contributed by atoms with E-state index >= 15 is 0 Å². The molecule has 0 bridgehead atoms. The molecule has 32 heavy (non-hydrogen) atoms. The van der Waals surface area contributed by atoms with E-state index in [0.717, 1.165) is 42.9 Å². The molecule has 2 aromatic heterocycles. The van der Waals surface area contributed by atoms with Gasteiger partial charge < -0.3 is 15.3 Å². The van der Waals surface area contributed by atoms with Gasteiger partial charge in [-0.15, -0.1) is 0 Å². The lowest BCUT2D eigenvalue weighted by atomic mass is 9.81. The van der Waals surface area contributed by atoms with E-state index in [2.05, 4.69) is 41.2 Å². The number of carbonyl (C=O) groups is 1. The summed E-state index contributed by atoms with van der Waals surface area (Å²) in [6.07, 6.45) is 3.96. The summed E-state index contributed by atoms with van der Waals surface area (Å²) >= 11 is 6.13. The Hall–Kier alpha value is -2.57. The van der Waals surface area contributed by atoms with Gasteiger partial charge in [0.2, 0.25) is 0 Å². The highest BCUT2D eigenvalue weighted by Gasteiger charge is 2.35. The maximum Gasteiger partial charge on any atom is 0.270 e. The van der Waals surface area contributed by atoms with Crippen LogP contribution < -0.4 is 10.2 Å². The first kappa shape index (κ1) is 22.6. The van der Waals surface area contributed by atoms with Crippen molar-refractivity contribution in [1.82, 2.24) is 14.7 Å². The molecule has 1 fully saturated rings. The molecule has 7 heteroatoms. The first-order valence-corrected chi connectivity index (χ1v) is 11.7. The molecule has 0 unspecified atom stereocenters. The van der Waals surface area contributed by atoms with Gasteiger partial charge in [0.25, 0.3) is 5.91 Å². The highest BCUT2D eigenvalue weighted by molar-refractivity contribution is 6.30. The number of imidazole rings is 1. The van der Waals surface area contributed by atoms with Crippen LogP contribution in [0.1, 0.15) is 55.4 Å².